The first kappa shape index (κ1) is 13.1. The molecule has 0 bridgehead atoms. The minimum Gasteiger partial charge on any atom is -0.370 e. The maximum atomic E-state index is 4.65. The highest BCUT2D eigenvalue weighted by Crippen LogP contribution is 2.39. The molecule has 1 aromatic rings. The summed E-state index contributed by atoms with van der Waals surface area (Å²) in [4.78, 5) is 9.23. The Hall–Kier alpha value is -1.32. The summed E-state index contributed by atoms with van der Waals surface area (Å²) in [7, 11) is 0. The highest BCUT2D eigenvalue weighted by molar-refractivity contribution is 5.49. The molecule has 0 radical (unpaired) electrons. The molecular weight excluding hydrogens is 224 g/mol. The Morgan fingerprint density at radius 3 is 2.44 bits per heavy atom. The van der Waals surface area contributed by atoms with Crippen molar-refractivity contribution in [1.82, 2.24) is 9.97 Å². The molecule has 4 nitrogen and oxygen atoms in total. The lowest BCUT2D eigenvalue weighted by atomic mass is 10.0. The molecule has 1 saturated carbocycles. The molecule has 18 heavy (non-hydrogen) atoms. The zero-order valence-corrected chi connectivity index (χ0v) is 11.9. The molecule has 0 unspecified atom stereocenters. The number of aromatic nitrogens is 2. The van der Waals surface area contributed by atoms with E-state index < -0.39 is 0 Å². The van der Waals surface area contributed by atoms with Crippen molar-refractivity contribution in [3.8, 4) is 0 Å². The number of hydrogen-bond acceptors (Lipinski definition) is 4. The molecule has 2 N–H and O–H groups in total. The first-order chi connectivity index (χ1) is 8.54. The predicted octanol–water partition coefficient (Wildman–Crippen LogP) is 3.39. The summed E-state index contributed by atoms with van der Waals surface area (Å²) in [5, 5.41) is 6.78. The molecule has 1 aliphatic carbocycles. The third-order valence-electron chi connectivity index (χ3n) is 3.39. The second-order valence-electron chi connectivity index (χ2n) is 5.66. The monoisotopic (exact) mass is 248 g/mol. The summed E-state index contributed by atoms with van der Waals surface area (Å²) in [5.74, 6) is 3.44. The lowest BCUT2D eigenvalue weighted by Crippen LogP contribution is -2.30. The van der Waals surface area contributed by atoms with Crippen LogP contribution in [0.15, 0.2) is 6.07 Å². The fraction of sp³-hybridized carbons (Fsp3) is 0.714. The van der Waals surface area contributed by atoms with Gasteiger partial charge in [0.25, 0.3) is 0 Å². The lowest BCUT2D eigenvalue weighted by Gasteiger charge is -2.25. The number of rotatable bonds is 6. The van der Waals surface area contributed by atoms with Gasteiger partial charge in [0.15, 0.2) is 0 Å². The van der Waals surface area contributed by atoms with E-state index in [2.05, 4.69) is 48.3 Å². The van der Waals surface area contributed by atoms with E-state index in [0.717, 1.165) is 30.4 Å². The Morgan fingerprint density at radius 1 is 1.22 bits per heavy atom. The summed E-state index contributed by atoms with van der Waals surface area (Å²) in [6.45, 7) is 9.54. The molecule has 100 valence electrons. The van der Waals surface area contributed by atoms with Crippen molar-refractivity contribution >= 4 is 11.6 Å². The SMILES string of the molecule is CCNc1cc(NC(C)(C)CC)nc(C2CC2)n1. The molecule has 4 heteroatoms. The maximum absolute atomic E-state index is 4.65. The van der Waals surface area contributed by atoms with Gasteiger partial charge < -0.3 is 10.6 Å². The Kier molecular flexibility index (Phi) is 3.73. The fourth-order valence-corrected chi connectivity index (χ4v) is 1.76. The first-order valence-corrected chi connectivity index (χ1v) is 6.95. The second-order valence-corrected chi connectivity index (χ2v) is 5.66. The van der Waals surface area contributed by atoms with Gasteiger partial charge in [-0.25, -0.2) is 9.97 Å². The second kappa shape index (κ2) is 5.12. The molecule has 0 spiro atoms. The van der Waals surface area contributed by atoms with Crippen LogP contribution in [0.5, 0.6) is 0 Å². The first-order valence-electron chi connectivity index (χ1n) is 6.95. The van der Waals surface area contributed by atoms with Gasteiger partial charge in [0.05, 0.1) is 0 Å². The average Bonchev–Trinajstić information content (AvgIpc) is 3.12. The van der Waals surface area contributed by atoms with E-state index in [-0.39, 0.29) is 5.54 Å². The zero-order chi connectivity index (χ0) is 13.2. The molecular formula is C14H24N4. The van der Waals surface area contributed by atoms with Crippen molar-refractivity contribution in [2.45, 2.75) is 58.4 Å². The Morgan fingerprint density at radius 2 is 1.89 bits per heavy atom. The standard InChI is InChI=1S/C14H24N4/c1-5-14(3,4)18-12-9-11(15-6-2)16-13(17-12)10-7-8-10/h9-10H,5-8H2,1-4H3,(H2,15,16,17,18). The van der Waals surface area contributed by atoms with E-state index in [1.165, 1.54) is 12.8 Å². The molecule has 0 saturated heterocycles. The van der Waals surface area contributed by atoms with E-state index in [9.17, 15) is 0 Å². The van der Waals surface area contributed by atoms with Crippen LogP contribution in [-0.4, -0.2) is 22.1 Å². The van der Waals surface area contributed by atoms with Crippen LogP contribution in [0.4, 0.5) is 11.6 Å². The van der Waals surface area contributed by atoms with Crippen LogP contribution in [0, 0.1) is 0 Å². The van der Waals surface area contributed by atoms with Gasteiger partial charge in [0.2, 0.25) is 0 Å². The molecule has 1 aliphatic rings. The minimum atomic E-state index is 0.0681. The van der Waals surface area contributed by atoms with Gasteiger partial charge in [-0.05, 0) is 40.0 Å². The van der Waals surface area contributed by atoms with E-state index in [1.807, 2.05) is 6.07 Å². The van der Waals surface area contributed by atoms with Gasteiger partial charge in [0, 0.05) is 24.1 Å². The van der Waals surface area contributed by atoms with Crippen molar-refractivity contribution in [2.24, 2.45) is 0 Å². The maximum Gasteiger partial charge on any atom is 0.136 e. The number of hydrogen-bond donors (Lipinski definition) is 2. The molecule has 1 fully saturated rings. The van der Waals surface area contributed by atoms with Gasteiger partial charge >= 0.3 is 0 Å². The minimum absolute atomic E-state index is 0.0681. The summed E-state index contributed by atoms with van der Waals surface area (Å²) in [5.41, 5.74) is 0.0681. The van der Waals surface area contributed by atoms with Crippen LogP contribution in [-0.2, 0) is 0 Å². The molecule has 0 amide bonds. The van der Waals surface area contributed by atoms with Crippen molar-refractivity contribution in [3.63, 3.8) is 0 Å². The van der Waals surface area contributed by atoms with Crippen LogP contribution in [0.25, 0.3) is 0 Å². The van der Waals surface area contributed by atoms with E-state index >= 15 is 0 Å². The van der Waals surface area contributed by atoms with Gasteiger partial charge in [-0.2, -0.15) is 0 Å². The molecule has 2 rings (SSSR count). The van der Waals surface area contributed by atoms with E-state index in [4.69, 9.17) is 0 Å². The Labute approximate surface area is 110 Å². The van der Waals surface area contributed by atoms with Crippen LogP contribution < -0.4 is 10.6 Å². The van der Waals surface area contributed by atoms with Crippen LogP contribution in [0.1, 0.15) is 58.7 Å². The van der Waals surface area contributed by atoms with Crippen molar-refractivity contribution in [2.75, 3.05) is 17.2 Å². The predicted molar refractivity (Wildman–Crippen MR) is 76.2 cm³/mol. The van der Waals surface area contributed by atoms with E-state index in [1.54, 1.807) is 0 Å². The summed E-state index contributed by atoms with van der Waals surface area (Å²) >= 11 is 0. The fourth-order valence-electron chi connectivity index (χ4n) is 1.76. The molecule has 1 heterocycles. The smallest absolute Gasteiger partial charge is 0.136 e. The van der Waals surface area contributed by atoms with Gasteiger partial charge in [0.1, 0.15) is 17.5 Å². The molecule has 0 atom stereocenters. The third kappa shape index (κ3) is 3.34. The van der Waals surface area contributed by atoms with Crippen molar-refractivity contribution < 1.29 is 0 Å². The lowest BCUT2D eigenvalue weighted by molar-refractivity contribution is 0.544. The quantitative estimate of drug-likeness (QED) is 0.810. The van der Waals surface area contributed by atoms with Crippen molar-refractivity contribution in [3.05, 3.63) is 11.9 Å². The van der Waals surface area contributed by atoms with Gasteiger partial charge in [-0.1, -0.05) is 6.92 Å². The van der Waals surface area contributed by atoms with Gasteiger partial charge in [-0.15, -0.1) is 0 Å². The molecule has 0 aliphatic heterocycles. The summed E-state index contributed by atoms with van der Waals surface area (Å²) in [6, 6.07) is 2.01. The molecule has 0 aromatic carbocycles. The number of anilines is 2. The molecule has 1 aromatic heterocycles. The number of nitrogens with one attached hydrogen (secondary N) is 2. The third-order valence-corrected chi connectivity index (χ3v) is 3.39. The largest absolute Gasteiger partial charge is 0.370 e. The van der Waals surface area contributed by atoms with Gasteiger partial charge in [-0.3, -0.25) is 0 Å². The number of nitrogens with zero attached hydrogens (tertiary/aromatic N) is 2. The Balaban J connectivity index is 2.22. The highest BCUT2D eigenvalue weighted by atomic mass is 15.1. The summed E-state index contributed by atoms with van der Waals surface area (Å²) in [6.07, 6.45) is 3.52. The topological polar surface area (TPSA) is 49.8 Å². The van der Waals surface area contributed by atoms with Crippen LogP contribution in [0.3, 0.4) is 0 Å². The highest BCUT2D eigenvalue weighted by Gasteiger charge is 2.28. The van der Waals surface area contributed by atoms with Crippen molar-refractivity contribution in [1.29, 1.82) is 0 Å². The Bertz CT molecular complexity index is 410. The van der Waals surface area contributed by atoms with Crippen LogP contribution >= 0.6 is 0 Å². The summed E-state index contributed by atoms with van der Waals surface area (Å²) < 4.78 is 0. The average molecular weight is 248 g/mol. The van der Waals surface area contributed by atoms with Crippen LogP contribution in [0.2, 0.25) is 0 Å². The normalized spacial score (nSPS) is 15.6. The zero-order valence-electron chi connectivity index (χ0n) is 11.9. The van der Waals surface area contributed by atoms with E-state index in [0.29, 0.717) is 5.92 Å².